The van der Waals surface area contributed by atoms with Crippen LogP contribution in [0.25, 0.3) is 0 Å². The summed E-state index contributed by atoms with van der Waals surface area (Å²) in [5.41, 5.74) is 1.38. The molecule has 0 saturated carbocycles. The molecule has 0 bridgehead atoms. The van der Waals surface area contributed by atoms with Gasteiger partial charge in [-0.1, -0.05) is 11.6 Å². The highest BCUT2D eigenvalue weighted by Crippen LogP contribution is 2.23. The first-order valence-corrected chi connectivity index (χ1v) is 4.43. The highest BCUT2D eigenvalue weighted by Gasteiger charge is 2.34. The Kier molecular flexibility index (Phi) is 3.34. The molecule has 0 saturated heterocycles. The molecule has 1 heterocycles. The molecule has 2 nitrogen and oxygen atoms in total. The van der Waals surface area contributed by atoms with Gasteiger partial charge in [0.2, 0.25) is 5.17 Å². The number of aromatic nitrogens is 1. The second kappa shape index (κ2) is 4.18. The zero-order valence-corrected chi connectivity index (χ0v) is 8.82. The second-order valence-corrected chi connectivity index (χ2v) is 3.40. The summed E-state index contributed by atoms with van der Waals surface area (Å²) in [5, 5.41) is -1.42. The normalized spacial score (nSPS) is 13.1. The van der Waals surface area contributed by atoms with Crippen molar-refractivity contribution in [3.05, 3.63) is 23.4 Å². The molecule has 0 N–H and O–H groups in total. The van der Waals surface area contributed by atoms with E-state index in [0.29, 0.717) is 5.69 Å². The van der Waals surface area contributed by atoms with Gasteiger partial charge >= 0.3 is 6.18 Å². The molecule has 0 amide bonds. The molecule has 1 aromatic heterocycles. The van der Waals surface area contributed by atoms with Gasteiger partial charge in [-0.05, 0) is 31.5 Å². The Labute approximate surface area is 89.8 Å². The van der Waals surface area contributed by atoms with Crippen molar-refractivity contribution in [2.45, 2.75) is 20.0 Å². The van der Waals surface area contributed by atoms with E-state index in [2.05, 4.69) is 9.98 Å². The zero-order valence-electron chi connectivity index (χ0n) is 8.06. The lowest BCUT2D eigenvalue weighted by Crippen LogP contribution is -2.16. The first-order chi connectivity index (χ1) is 6.79. The third-order valence-corrected chi connectivity index (χ3v) is 1.83. The monoisotopic (exact) mass is 236 g/mol. The van der Waals surface area contributed by atoms with Crippen molar-refractivity contribution < 1.29 is 13.2 Å². The number of alkyl halides is 3. The van der Waals surface area contributed by atoms with Crippen molar-refractivity contribution in [3.63, 3.8) is 0 Å². The smallest absolute Gasteiger partial charge is 0.234 e. The lowest BCUT2D eigenvalue weighted by molar-refractivity contribution is -0.0558. The molecule has 0 aliphatic carbocycles. The third-order valence-electron chi connectivity index (χ3n) is 1.53. The molecule has 0 aromatic carbocycles. The third kappa shape index (κ3) is 3.51. The zero-order chi connectivity index (χ0) is 11.6. The van der Waals surface area contributed by atoms with Crippen molar-refractivity contribution in [2.24, 2.45) is 4.99 Å². The van der Waals surface area contributed by atoms with E-state index in [1.165, 1.54) is 6.07 Å². The van der Waals surface area contributed by atoms with Crippen molar-refractivity contribution in [3.8, 4) is 0 Å². The van der Waals surface area contributed by atoms with Gasteiger partial charge in [-0.3, -0.25) is 0 Å². The highest BCUT2D eigenvalue weighted by atomic mass is 35.5. The number of hydrogen-bond donors (Lipinski definition) is 0. The molecule has 0 spiro atoms. The number of halogens is 4. The minimum absolute atomic E-state index is 0.0326. The van der Waals surface area contributed by atoms with Crippen LogP contribution in [0.5, 0.6) is 0 Å². The van der Waals surface area contributed by atoms with Crippen LogP contribution in [0, 0.1) is 13.8 Å². The Hall–Kier alpha value is -1.10. The summed E-state index contributed by atoms with van der Waals surface area (Å²) >= 11 is 4.98. The van der Waals surface area contributed by atoms with Gasteiger partial charge in [0, 0.05) is 5.69 Å². The van der Waals surface area contributed by atoms with Crippen molar-refractivity contribution in [1.82, 2.24) is 4.98 Å². The maximum absolute atomic E-state index is 12.0. The topological polar surface area (TPSA) is 25.2 Å². The van der Waals surface area contributed by atoms with E-state index < -0.39 is 11.3 Å². The molecule has 82 valence electrons. The van der Waals surface area contributed by atoms with E-state index >= 15 is 0 Å². The van der Waals surface area contributed by atoms with Crippen LogP contribution < -0.4 is 0 Å². The second-order valence-electron chi connectivity index (χ2n) is 3.04. The van der Waals surface area contributed by atoms with Gasteiger partial charge in [0.05, 0.1) is 0 Å². The van der Waals surface area contributed by atoms with E-state index in [1.807, 2.05) is 0 Å². The van der Waals surface area contributed by atoms with Gasteiger partial charge in [-0.2, -0.15) is 13.2 Å². The van der Waals surface area contributed by atoms with Gasteiger partial charge in [0.1, 0.15) is 0 Å². The van der Waals surface area contributed by atoms with Crippen LogP contribution >= 0.6 is 11.6 Å². The Morgan fingerprint density at radius 1 is 1.33 bits per heavy atom. The largest absolute Gasteiger partial charge is 0.444 e. The summed E-state index contributed by atoms with van der Waals surface area (Å²) in [6, 6.07) is 3.17. The van der Waals surface area contributed by atoms with Crippen LogP contribution in [0.2, 0.25) is 0 Å². The predicted molar refractivity (Wildman–Crippen MR) is 52.7 cm³/mol. The summed E-state index contributed by atoms with van der Waals surface area (Å²) in [6.07, 6.45) is -4.62. The van der Waals surface area contributed by atoms with Crippen LogP contribution in [-0.2, 0) is 0 Å². The van der Waals surface area contributed by atoms with Crippen LogP contribution in [0.3, 0.4) is 0 Å². The van der Waals surface area contributed by atoms with Gasteiger partial charge in [0.15, 0.2) is 5.82 Å². The van der Waals surface area contributed by atoms with E-state index in [1.54, 1.807) is 19.9 Å². The van der Waals surface area contributed by atoms with Crippen LogP contribution in [-0.4, -0.2) is 16.3 Å². The van der Waals surface area contributed by atoms with E-state index in [0.717, 1.165) is 5.56 Å². The molecular formula is C9H8ClF3N2. The summed E-state index contributed by atoms with van der Waals surface area (Å²) in [7, 11) is 0. The minimum atomic E-state index is -4.62. The molecule has 15 heavy (non-hydrogen) atoms. The number of rotatable bonds is 1. The van der Waals surface area contributed by atoms with Crippen LogP contribution in [0.4, 0.5) is 19.0 Å². The molecule has 0 aliphatic heterocycles. The molecular weight excluding hydrogens is 229 g/mol. The number of hydrogen-bond acceptors (Lipinski definition) is 2. The average molecular weight is 237 g/mol. The minimum Gasteiger partial charge on any atom is -0.234 e. The Morgan fingerprint density at radius 3 is 2.40 bits per heavy atom. The Bertz CT molecular complexity index is 379. The summed E-state index contributed by atoms with van der Waals surface area (Å²) in [4.78, 5) is 7.01. The number of aliphatic imine (C=N–C) groups is 1. The fourth-order valence-electron chi connectivity index (χ4n) is 1.04. The quantitative estimate of drug-likeness (QED) is 0.685. The molecule has 6 heteroatoms. The molecule has 1 rings (SSSR count). The fraction of sp³-hybridized carbons (Fsp3) is 0.333. The summed E-state index contributed by atoms with van der Waals surface area (Å²) in [5.74, 6) is -0.0326. The molecule has 1 aromatic rings. The van der Waals surface area contributed by atoms with Gasteiger partial charge in [0.25, 0.3) is 0 Å². The number of pyridine rings is 1. The fourth-order valence-corrected chi connectivity index (χ4v) is 1.13. The summed E-state index contributed by atoms with van der Waals surface area (Å²) < 4.78 is 36.1. The van der Waals surface area contributed by atoms with Crippen LogP contribution in [0.1, 0.15) is 11.3 Å². The lowest BCUT2D eigenvalue weighted by Gasteiger charge is -2.03. The molecule has 0 fully saturated rings. The maximum atomic E-state index is 12.0. The summed E-state index contributed by atoms with van der Waals surface area (Å²) in [6.45, 7) is 3.42. The maximum Gasteiger partial charge on any atom is 0.444 e. The standard InChI is InChI=1S/C9H8ClF3N2/c1-5-3-6(2)14-7(4-5)15-8(10)9(11,12)13/h3-4H,1-2H3. The number of aryl methyl sites for hydroxylation is 2. The van der Waals surface area contributed by atoms with E-state index in [4.69, 9.17) is 11.6 Å². The van der Waals surface area contributed by atoms with E-state index in [9.17, 15) is 13.2 Å². The predicted octanol–water partition coefficient (Wildman–Crippen LogP) is 3.53. The van der Waals surface area contributed by atoms with Crippen molar-refractivity contribution >= 4 is 22.6 Å². The Balaban J connectivity index is 3.08. The first-order valence-electron chi connectivity index (χ1n) is 4.06. The molecule has 0 unspecified atom stereocenters. The Morgan fingerprint density at radius 2 is 1.93 bits per heavy atom. The van der Waals surface area contributed by atoms with Crippen molar-refractivity contribution in [2.75, 3.05) is 0 Å². The molecule has 0 radical (unpaired) electrons. The van der Waals surface area contributed by atoms with Gasteiger partial charge in [-0.15, -0.1) is 0 Å². The molecule has 0 aliphatic rings. The van der Waals surface area contributed by atoms with Crippen molar-refractivity contribution in [1.29, 1.82) is 0 Å². The van der Waals surface area contributed by atoms with E-state index in [-0.39, 0.29) is 5.82 Å². The molecule has 0 atom stereocenters. The van der Waals surface area contributed by atoms with Gasteiger partial charge in [-0.25, -0.2) is 9.98 Å². The highest BCUT2D eigenvalue weighted by molar-refractivity contribution is 6.67. The SMILES string of the molecule is Cc1cc(C)nc(N=C(Cl)C(F)(F)F)c1. The number of nitrogens with zero attached hydrogens (tertiary/aromatic N) is 2. The first kappa shape index (κ1) is 12.0. The average Bonchev–Trinajstić information content (AvgIpc) is 1.99. The lowest BCUT2D eigenvalue weighted by atomic mass is 10.2. The van der Waals surface area contributed by atoms with Crippen LogP contribution in [0.15, 0.2) is 17.1 Å². The van der Waals surface area contributed by atoms with Gasteiger partial charge < -0.3 is 0 Å².